The molecule has 26 heavy (non-hydrogen) atoms. The van der Waals surface area contributed by atoms with Crippen LogP contribution in [-0.2, 0) is 20.9 Å². The van der Waals surface area contributed by atoms with Gasteiger partial charge in [-0.15, -0.1) is 0 Å². The Balaban J connectivity index is 1.57. The molecule has 2 saturated heterocycles. The van der Waals surface area contributed by atoms with Crippen LogP contribution in [0.3, 0.4) is 0 Å². The lowest BCUT2D eigenvalue weighted by Gasteiger charge is -2.50. The minimum Gasteiger partial charge on any atom is -0.445 e. The maximum atomic E-state index is 12.4. The minimum absolute atomic E-state index is 0.0202. The van der Waals surface area contributed by atoms with Gasteiger partial charge in [0.05, 0.1) is 12.1 Å². The van der Waals surface area contributed by atoms with Crippen molar-refractivity contribution in [3.63, 3.8) is 0 Å². The predicted octanol–water partition coefficient (Wildman–Crippen LogP) is 2.59. The molecule has 1 spiro atoms. The summed E-state index contributed by atoms with van der Waals surface area (Å²) < 4.78 is 10.7. The number of carbonyl (C=O) groups is 3. The lowest BCUT2D eigenvalue weighted by atomic mass is 9.87. The van der Waals surface area contributed by atoms with E-state index in [0.717, 1.165) is 5.56 Å². The molecule has 0 atom stereocenters. The third kappa shape index (κ3) is 3.81. The third-order valence-corrected chi connectivity index (χ3v) is 4.48. The Morgan fingerprint density at radius 2 is 1.77 bits per heavy atom. The van der Waals surface area contributed by atoms with Gasteiger partial charge in [-0.1, -0.05) is 30.3 Å². The van der Waals surface area contributed by atoms with E-state index in [1.807, 2.05) is 30.3 Å². The van der Waals surface area contributed by atoms with Gasteiger partial charge in [-0.3, -0.25) is 9.69 Å². The van der Waals surface area contributed by atoms with Crippen LogP contribution in [0.2, 0.25) is 0 Å². The molecule has 0 aromatic heterocycles. The fourth-order valence-corrected chi connectivity index (χ4v) is 3.32. The molecule has 0 N–H and O–H groups in total. The Hall–Kier alpha value is -2.57. The maximum absolute atomic E-state index is 12.4. The molecule has 0 radical (unpaired) electrons. The number of benzene rings is 1. The van der Waals surface area contributed by atoms with E-state index in [9.17, 15) is 14.4 Å². The smallest absolute Gasteiger partial charge is 0.411 e. The number of Topliss-reactive ketones (excluding diaryl/α,β-unsaturated/α-hetero) is 1. The molecule has 1 aromatic carbocycles. The Morgan fingerprint density at radius 1 is 1.12 bits per heavy atom. The van der Waals surface area contributed by atoms with E-state index in [2.05, 4.69) is 0 Å². The summed E-state index contributed by atoms with van der Waals surface area (Å²) in [5.41, 5.74) is -0.393. The predicted molar refractivity (Wildman–Crippen MR) is 93.5 cm³/mol. The molecule has 1 aromatic rings. The van der Waals surface area contributed by atoms with Crippen LogP contribution in [0.15, 0.2) is 30.3 Å². The number of likely N-dealkylation sites (tertiary alicyclic amines) is 2. The topological polar surface area (TPSA) is 76.2 Å². The van der Waals surface area contributed by atoms with Gasteiger partial charge in [-0.05, 0) is 26.3 Å². The summed E-state index contributed by atoms with van der Waals surface area (Å²) in [5.74, 6) is -0.0202. The molecule has 2 aliphatic heterocycles. The number of ketones is 1. The van der Waals surface area contributed by atoms with Crippen LogP contribution in [0.4, 0.5) is 9.59 Å². The van der Waals surface area contributed by atoms with Gasteiger partial charge >= 0.3 is 12.2 Å². The van der Waals surface area contributed by atoms with E-state index in [-0.39, 0.29) is 38.4 Å². The van der Waals surface area contributed by atoms with E-state index in [0.29, 0.717) is 0 Å². The number of hydrogen-bond acceptors (Lipinski definition) is 5. The van der Waals surface area contributed by atoms with Gasteiger partial charge in [0.1, 0.15) is 12.2 Å². The summed E-state index contributed by atoms with van der Waals surface area (Å²) in [4.78, 5) is 39.5. The van der Waals surface area contributed by atoms with Gasteiger partial charge in [0, 0.05) is 19.5 Å². The Kier molecular flexibility index (Phi) is 4.64. The van der Waals surface area contributed by atoms with Crippen LogP contribution in [0, 0.1) is 0 Å². The second-order valence-electron chi connectivity index (χ2n) is 7.90. The van der Waals surface area contributed by atoms with Gasteiger partial charge in [0.2, 0.25) is 0 Å². The van der Waals surface area contributed by atoms with Crippen LogP contribution in [-0.4, -0.2) is 58.5 Å². The Bertz CT molecular complexity index is 704. The fourth-order valence-electron chi connectivity index (χ4n) is 3.32. The van der Waals surface area contributed by atoms with Gasteiger partial charge in [0.15, 0.2) is 5.78 Å². The second-order valence-corrected chi connectivity index (χ2v) is 7.90. The first-order valence-corrected chi connectivity index (χ1v) is 8.66. The highest BCUT2D eigenvalue weighted by atomic mass is 16.6. The van der Waals surface area contributed by atoms with E-state index in [1.165, 1.54) is 9.80 Å². The first-order chi connectivity index (χ1) is 12.2. The molecule has 0 unspecified atom stereocenters. The van der Waals surface area contributed by atoms with Crippen molar-refractivity contribution < 1.29 is 23.9 Å². The lowest BCUT2D eigenvalue weighted by molar-refractivity contribution is -0.117. The summed E-state index contributed by atoms with van der Waals surface area (Å²) in [5, 5.41) is 0. The average Bonchev–Trinajstić information content (AvgIpc) is 2.88. The highest BCUT2D eigenvalue weighted by Gasteiger charge is 2.57. The monoisotopic (exact) mass is 360 g/mol. The molecule has 3 rings (SSSR count). The van der Waals surface area contributed by atoms with Crippen LogP contribution in [0.5, 0.6) is 0 Å². The lowest BCUT2D eigenvalue weighted by Crippen LogP contribution is -2.70. The molecule has 0 bridgehead atoms. The number of ether oxygens (including phenoxy) is 2. The quantitative estimate of drug-likeness (QED) is 0.810. The number of carbonyl (C=O) groups excluding carboxylic acids is 3. The molecule has 2 heterocycles. The summed E-state index contributed by atoms with van der Waals surface area (Å²) in [7, 11) is 0. The van der Waals surface area contributed by atoms with Crippen LogP contribution in [0.1, 0.15) is 32.8 Å². The van der Waals surface area contributed by atoms with Gasteiger partial charge in [0.25, 0.3) is 0 Å². The molecular formula is C19H24N2O5. The number of nitrogens with zero attached hydrogens (tertiary/aromatic N) is 2. The van der Waals surface area contributed by atoms with E-state index < -0.39 is 23.3 Å². The van der Waals surface area contributed by atoms with Crippen LogP contribution >= 0.6 is 0 Å². The summed E-state index contributed by atoms with van der Waals surface area (Å²) in [6.45, 7) is 6.13. The summed E-state index contributed by atoms with van der Waals surface area (Å²) >= 11 is 0. The molecule has 0 saturated carbocycles. The fraction of sp³-hybridized carbons (Fsp3) is 0.526. The Morgan fingerprint density at radius 3 is 2.38 bits per heavy atom. The van der Waals surface area contributed by atoms with Crippen molar-refractivity contribution in [1.29, 1.82) is 0 Å². The zero-order valence-electron chi connectivity index (χ0n) is 15.4. The van der Waals surface area contributed by atoms with Crippen molar-refractivity contribution in [3.05, 3.63) is 35.9 Å². The summed E-state index contributed by atoms with van der Waals surface area (Å²) in [6, 6.07) is 9.41. The normalized spacial score (nSPS) is 18.7. The maximum Gasteiger partial charge on any atom is 0.411 e. The van der Waals surface area contributed by atoms with Gasteiger partial charge in [-0.25, -0.2) is 9.59 Å². The summed E-state index contributed by atoms with van der Waals surface area (Å²) in [6.07, 6.45) is -0.710. The number of amides is 2. The zero-order valence-corrected chi connectivity index (χ0v) is 15.4. The molecular weight excluding hydrogens is 336 g/mol. The van der Waals surface area contributed by atoms with Gasteiger partial charge < -0.3 is 14.4 Å². The zero-order chi connectivity index (χ0) is 18.9. The minimum atomic E-state index is -0.662. The largest absolute Gasteiger partial charge is 0.445 e. The van der Waals surface area contributed by atoms with E-state index in [1.54, 1.807) is 20.8 Å². The van der Waals surface area contributed by atoms with E-state index in [4.69, 9.17) is 9.47 Å². The highest BCUT2D eigenvalue weighted by Crippen LogP contribution is 2.37. The molecule has 0 aliphatic carbocycles. The van der Waals surface area contributed by atoms with Crippen molar-refractivity contribution >= 4 is 18.0 Å². The van der Waals surface area contributed by atoms with Crippen LogP contribution < -0.4 is 0 Å². The first kappa shape index (κ1) is 18.2. The first-order valence-electron chi connectivity index (χ1n) is 8.66. The number of rotatable bonds is 2. The Labute approximate surface area is 152 Å². The highest BCUT2D eigenvalue weighted by molar-refractivity contribution is 5.90. The molecule has 140 valence electrons. The van der Waals surface area contributed by atoms with Crippen LogP contribution in [0.25, 0.3) is 0 Å². The average molecular weight is 360 g/mol. The van der Waals surface area contributed by atoms with Crippen molar-refractivity contribution in [2.24, 2.45) is 0 Å². The molecule has 7 nitrogen and oxygen atoms in total. The molecule has 7 heteroatoms. The SMILES string of the molecule is CC(C)(C)OC(=O)N1CC(=O)CC12CN(C(=O)OCc1ccccc1)C2. The van der Waals surface area contributed by atoms with Crippen molar-refractivity contribution in [1.82, 2.24) is 9.80 Å². The molecule has 2 aliphatic rings. The van der Waals surface area contributed by atoms with Crippen molar-refractivity contribution in [2.45, 2.75) is 44.9 Å². The molecule has 2 amide bonds. The van der Waals surface area contributed by atoms with Crippen molar-refractivity contribution in [3.8, 4) is 0 Å². The van der Waals surface area contributed by atoms with Crippen molar-refractivity contribution in [2.75, 3.05) is 19.6 Å². The number of hydrogen-bond donors (Lipinski definition) is 0. The standard InChI is InChI=1S/C19H24N2O5/c1-18(2,3)26-17(24)21-10-15(22)9-19(21)12-20(13-19)16(23)25-11-14-7-5-4-6-8-14/h4-8H,9-13H2,1-3H3. The van der Waals surface area contributed by atoms with E-state index >= 15 is 0 Å². The van der Waals surface area contributed by atoms with Gasteiger partial charge in [-0.2, -0.15) is 0 Å². The molecule has 2 fully saturated rings. The second kappa shape index (κ2) is 6.63. The third-order valence-electron chi connectivity index (χ3n) is 4.48.